The molecule has 0 aromatic carbocycles. The Morgan fingerprint density at radius 2 is 2.06 bits per heavy atom. The Balaban J connectivity index is 2.14. The van der Waals surface area contributed by atoms with E-state index >= 15 is 0 Å². The van der Waals surface area contributed by atoms with Gasteiger partial charge in [-0.25, -0.2) is 13.1 Å². The molecule has 1 aromatic rings. The second-order valence-electron chi connectivity index (χ2n) is 5.41. The Morgan fingerprint density at radius 1 is 1.39 bits per heavy atom. The first kappa shape index (κ1) is 14.0. The predicted molar refractivity (Wildman–Crippen MR) is 76.5 cm³/mol. The number of sulfonamides is 1. The van der Waals surface area contributed by atoms with E-state index in [1.807, 2.05) is 0 Å². The molecule has 3 nitrogen and oxygen atoms in total. The maximum Gasteiger partial charge on any atom is 0.213 e. The smallest absolute Gasteiger partial charge is 0.213 e. The van der Waals surface area contributed by atoms with Crippen molar-refractivity contribution < 1.29 is 8.42 Å². The van der Waals surface area contributed by atoms with Crippen LogP contribution in [-0.2, 0) is 15.4 Å². The quantitative estimate of drug-likeness (QED) is 0.905. The fourth-order valence-electron chi connectivity index (χ4n) is 2.59. The van der Waals surface area contributed by atoms with Crippen LogP contribution in [0.2, 0.25) is 0 Å². The lowest BCUT2D eigenvalue weighted by Gasteiger charge is -2.29. The van der Waals surface area contributed by atoms with Crippen molar-refractivity contribution >= 4 is 21.4 Å². The van der Waals surface area contributed by atoms with E-state index < -0.39 is 10.0 Å². The molecule has 0 spiro atoms. The van der Waals surface area contributed by atoms with Gasteiger partial charge in [0.15, 0.2) is 0 Å². The SMILES string of the molecule is CC(C)S(=O)(=O)NCC1(c2ccsc2)CCCC1. The summed E-state index contributed by atoms with van der Waals surface area (Å²) in [4.78, 5) is 0. The first-order chi connectivity index (χ1) is 8.46. The zero-order chi connectivity index (χ0) is 13.2. The molecule has 0 aliphatic heterocycles. The van der Waals surface area contributed by atoms with E-state index in [2.05, 4.69) is 21.5 Å². The summed E-state index contributed by atoms with van der Waals surface area (Å²) in [6.45, 7) is 3.98. The van der Waals surface area contributed by atoms with E-state index in [1.165, 1.54) is 18.4 Å². The summed E-state index contributed by atoms with van der Waals surface area (Å²) in [6.07, 6.45) is 4.56. The van der Waals surface area contributed by atoms with E-state index in [-0.39, 0.29) is 10.7 Å². The Hall–Kier alpha value is -0.390. The van der Waals surface area contributed by atoms with Crippen LogP contribution in [0.3, 0.4) is 0 Å². The van der Waals surface area contributed by atoms with Gasteiger partial charge in [-0.05, 0) is 49.1 Å². The summed E-state index contributed by atoms with van der Waals surface area (Å²) in [7, 11) is -3.16. The van der Waals surface area contributed by atoms with Crippen molar-refractivity contribution in [1.29, 1.82) is 0 Å². The number of hydrogen-bond donors (Lipinski definition) is 1. The van der Waals surface area contributed by atoms with Crippen molar-refractivity contribution in [2.24, 2.45) is 0 Å². The van der Waals surface area contributed by atoms with Crippen LogP contribution in [0.15, 0.2) is 16.8 Å². The summed E-state index contributed by atoms with van der Waals surface area (Å²) in [5, 5.41) is 3.87. The molecule has 18 heavy (non-hydrogen) atoms. The molecule has 0 atom stereocenters. The van der Waals surface area contributed by atoms with E-state index in [4.69, 9.17) is 0 Å². The molecule has 1 N–H and O–H groups in total. The van der Waals surface area contributed by atoms with Crippen LogP contribution in [0.1, 0.15) is 45.1 Å². The highest BCUT2D eigenvalue weighted by molar-refractivity contribution is 7.90. The largest absolute Gasteiger partial charge is 0.214 e. The highest BCUT2D eigenvalue weighted by Crippen LogP contribution is 2.41. The van der Waals surface area contributed by atoms with Crippen molar-refractivity contribution in [2.75, 3.05) is 6.54 Å². The molecule has 1 fully saturated rings. The van der Waals surface area contributed by atoms with Gasteiger partial charge in [-0.3, -0.25) is 0 Å². The minimum atomic E-state index is -3.16. The molecule has 1 aliphatic carbocycles. The second-order valence-corrected chi connectivity index (χ2v) is 8.52. The lowest BCUT2D eigenvalue weighted by molar-refractivity contribution is 0.432. The molecule has 1 aromatic heterocycles. The van der Waals surface area contributed by atoms with E-state index in [0.717, 1.165) is 12.8 Å². The minimum Gasteiger partial charge on any atom is -0.214 e. The Bertz CT molecular complexity index is 471. The Morgan fingerprint density at radius 3 is 2.56 bits per heavy atom. The standard InChI is InChI=1S/C13H21NO2S2/c1-11(2)18(15,16)14-10-13(6-3-4-7-13)12-5-8-17-9-12/h5,8-9,11,14H,3-4,6-7,10H2,1-2H3. The summed E-state index contributed by atoms with van der Waals surface area (Å²) in [6, 6.07) is 2.14. The fourth-order valence-corrected chi connectivity index (χ4v) is 4.18. The van der Waals surface area contributed by atoms with Gasteiger partial charge >= 0.3 is 0 Å². The summed E-state index contributed by atoms with van der Waals surface area (Å²) in [5.74, 6) is 0. The number of hydrogen-bond acceptors (Lipinski definition) is 3. The molecule has 1 heterocycles. The van der Waals surface area contributed by atoms with Crippen LogP contribution >= 0.6 is 11.3 Å². The van der Waals surface area contributed by atoms with Crippen molar-refractivity contribution in [3.05, 3.63) is 22.4 Å². The second kappa shape index (κ2) is 5.31. The maximum absolute atomic E-state index is 11.9. The third kappa shape index (κ3) is 2.78. The third-order valence-corrected chi connectivity index (χ3v) is 6.40. The van der Waals surface area contributed by atoms with Crippen molar-refractivity contribution in [3.8, 4) is 0 Å². The highest BCUT2D eigenvalue weighted by atomic mass is 32.2. The van der Waals surface area contributed by atoms with E-state index in [9.17, 15) is 8.42 Å². The predicted octanol–water partition coefficient (Wildman–Crippen LogP) is 2.89. The lowest BCUT2D eigenvalue weighted by atomic mass is 9.81. The van der Waals surface area contributed by atoms with Crippen LogP contribution < -0.4 is 4.72 Å². The van der Waals surface area contributed by atoms with Crippen LogP contribution in [0.5, 0.6) is 0 Å². The Kier molecular flexibility index (Phi) is 4.14. The minimum absolute atomic E-state index is 0.0297. The van der Waals surface area contributed by atoms with E-state index in [0.29, 0.717) is 6.54 Å². The third-order valence-electron chi connectivity index (χ3n) is 3.93. The van der Waals surface area contributed by atoms with Crippen molar-refractivity contribution in [1.82, 2.24) is 4.72 Å². The summed E-state index contributed by atoms with van der Waals surface area (Å²) in [5.41, 5.74) is 1.33. The van der Waals surface area contributed by atoms with Gasteiger partial charge in [0.1, 0.15) is 0 Å². The topological polar surface area (TPSA) is 46.2 Å². The lowest BCUT2D eigenvalue weighted by Crippen LogP contribution is -2.41. The molecule has 0 bridgehead atoms. The zero-order valence-electron chi connectivity index (χ0n) is 11.0. The molecule has 1 saturated carbocycles. The van der Waals surface area contributed by atoms with Crippen molar-refractivity contribution in [2.45, 2.75) is 50.2 Å². The van der Waals surface area contributed by atoms with Gasteiger partial charge in [-0.2, -0.15) is 11.3 Å². The average Bonchev–Trinajstić information content (AvgIpc) is 2.98. The summed E-state index contributed by atoms with van der Waals surface area (Å²) >= 11 is 1.69. The molecule has 0 amide bonds. The molecule has 1 aliphatic rings. The first-order valence-electron chi connectivity index (χ1n) is 6.47. The molecule has 5 heteroatoms. The van der Waals surface area contributed by atoms with Gasteiger partial charge in [0.2, 0.25) is 10.0 Å². The van der Waals surface area contributed by atoms with Crippen molar-refractivity contribution in [3.63, 3.8) is 0 Å². The molecule has 102 valence electrons. The van der Waals surface area contributed by atoms with Crippen LogP contribution in [0, 0.1) is 0 Å². The normalized spacial score (nSPS) is 19.5. The number of thiophene rings is 1. The van der Waals surface area contributed by atoms with Gasteiger partial charge in [0, 0.05) is 12.0 Å². The Labute approximate surface area is 114 Å². The molecule has 0 unspecified atom stereocenters. The van der Waals surface area contributed by atoms with Gasteiger partial charge < -0.3 is 0 Å². The number of rotatable bonds is 5. The fraction of sp³-hybridized carbons (Fsp3) is 0.692. The van der Waals surface area contributed by atoms with Gasteiger partial charge in [-0.1, -0.05) is 12.8 Å². The van der Waals surface area contributed by atoms with E-state index in [1.54, 1.807) is 25.2 Å². The molecular weight excluding hydrogens is 266 g/mol. The highest BCUT2D eigenvalue weighted by Gasteiger charge is 2.37. The monoisotopic (exact) mass is 287 g/mol. The van der Waals surface area contributed by atoms with Gasteiger partial charge in [0.05, 0.1) is 5.25 Å². The van der Waals surface area contributed by atoms with Gasteiger partial charge in [0.25, 0.3) is 0 Å². The molecule has 0 radical (unpaired) electrons. The van der Waals surface area contributed by atoms with Gasteiger partial charge in [-0.15, -0.1) is 0 Å². The summed E-state index contributed by atoms with van der Waals surface area (Å²) < 4.78 is 26.6. The zero-order valence-corrected chi connectivity index (χ0v) is 12.6. The molecular formula is C13H21NO2S2. The number of nitrogens with one attached hydrogen (secondary N) is 1. The molecule has 0 saturated heterocycles. The maximum atomic E-state index is 11.9. The van der Waals surface area contributed by atoms with Crippen LogP contribution in [0.4, 0.5) is 0 Å². The van der Waals surface area contributed by atoms with Crippen LogP contribution in [-0.4, -0.2) is 20.2 Å². The average molecular weight is 287 g/mol. The van der Waals surface area contributed by atoms with Crippen LogP contribution in [0.25, 0.3) is 0 Å². The molecule has 2 rings (SSSR count). The first-order valence-corrected chi connectivity index (χ1v) is 8.96.